The number of benzene rings is 1. The van der Waals surface area contributed by atoms with Crippen LogP contribution in [0.5, 0.6) is 11.5 Å². The Labute approximate surface area is 115 Å². The average molecular weight is 296 g/mol. The molecular weight excluding hydrogens is 284 g/mol. The molecule has 2 heterocycles. The van der Waals surface area contributed by atoms with Crippen LogP contribution in [0.1, 0.15) is 5.76 Å². The Morgan fingerprint density at radius 2 is 1.95 bits per heavy atom. The number of anilines is 1. The minimum absolute atomic E-state index is 0.217. The zero-order valence-corrected chi connectivity index (χ0v) is 11.1. The van der Waals surface area contributed by atoms with Crippen LogP contribution in [0.15, 0.2) is 39.8 Å². The fraction of sp³-hybridized carbons (Fsp3) is 0.167. The van der Waals surface area contributed by atoms with E-state index < -0.39 is 10.0 Å². The van der Waals surface area contributed by atoms with Crippen molar-refractivity contribution in [3.05, 3.63) is 36.1 Å². The lowest BCUT2D eigenvalue weighted by Gasteiger charge is -2.05. The van der Waals surface area contributed by atoms with Crippen LogP contribution in [-0.4, -0.2) is 15.2 Å². The van der Waals surface area contributed by atoms with Crippen molar-refractivity contribution in [1.29, 1.82) is 0 Å². The number of fused-ring (bicyclic) bond motifs is 1. The Morgan fingerprint density at radius 1 is 1.15 bits per heavy atom. The maximum atomic E-state index is 11.1. The summed E-state index contributed by atoms with van der Waals surface area (Å²) >= 11 is 0. The number of hydrogen-bond donors (Lipinski definition) is 2. The van der Waals surface area contributed by atoms with Gasteiger partial charge in [-0.05, 0) is 24.3 Å². The van der Waals surface area contributed by atoms with Crippen LogP contribution >= 0.6 is 0 Å². The van der Waals surface area contributed by atoms with Gasteiger partial charge in [-0.25, -0.2) is 13.6 Å². The minimum Gasteiger partial charge on any atom is -0.454 e. The van der Waals surface area contributed by atoms with Crippen LogP contribution in [0, 0.1) is 0 Å². The van der Waals surface area contributed by atoms with Crippen molar-refractivity contribution in [2.45, 2.75) is 11.6 Å². The number of sulfonamides is 1. The molecule has 106 valence electrons. The second-order valence-corrected chi connectivity index (χ2v) is 5.68. The molecule has 0 atom stereocenters. The molecule has 0 unspecified atom stereocenters. The maximum Gasteiger partial charge on any atom is 0.271 e. The first kappa shape index (κ1) is 12.8. The highest BCUT2D eigenvalue weighted by atomic mass is 32.2. The number of primary sulfonamides is 1. The van der Waals surface area contributed by atoms with Crippen molar-refractivity contribution in [1.82, 2.24) is 0 Å². The van der Waals surface area contributed by atoms with Crippen molar-refractivity contribution >= 4 is 15.7 Å². The average Bonchev–Trinajstić information content (AvgIpc) is 3.04. The Bertz CT molecular complexity index is 738. The molecular formula is C12H12N2O5S. The summed E-state index contributed by atoms with van der Waals surface area (Å²) < 4.78 is 37.8. The summed E-state index contributed by atoms with van der Waals surface area (Å²) in [6, 6.07) is 8.30. The molecule has 0 bridgehead atoms. The van der Waals surface area contributed by atoms with Crippen LogP contribution in [0.2, 0.25) is 0 Å². The number of rotatable bonds is 4. The van der Waals surface area contributed by atoms with Gasteiger partial charge in [-0.15, -0.1) is 0 Å². The molecule has 0 saturated heterocycles. The van der Waals surface area contributed by atoms with E-state index in [1.54, 1.807) is 18.2 Å². The van der Waals surface area contributed by atoms with Crippen molar-refractivity contribution in [3.8, 4) is 11.5 Å². The molecule has 7 nitrogen and oxygen atoms in total. The van der Waals surface area contributed by atoms with Crippen molar-refractivity contribution in [2.75, 3.05) is 12.1 Å². The summed E-state index contributed by atoms with van der Waals surface area (Å²) in [5.74, 6) is 1.83. The van der Waals surface area contributed by atoms with Crippen LogP contribution in [-0.2, 0) is 16.6 Å². The standard InChI is InChI=1S/C12H12N2O5S/c13-20(15,16)12-4-2-9(19-12)6-14-8-1-3-10-11(5-8)18-7-17-10/h1-5,14H,6-7H2,(H2,13,15,16). The van der Waals surface area contributed by atoms with E-state index in [0.717, 1.165) is 5.69 Å². The highest BCUT2D eigenvalue weighted by Crippen LogP contribution is 2.34. The Hall–Kier alpha value is -2.19. The molecule has 1 aromatic heterocycles. The van der Waals surface area contributed by atoms with Crippen molar-refractivity contribution < 1.29 is 22.3 Å². The van der Waals surface area contributed by atoms with Gasteiger partial charge in [0.1, 0.15) is 5.76 Å². The van der Waals surface area contributed by atoms with E-state index >= 15 is 0 Å². The molecule has 0 aliphatic carbocycles. The van der Waals surface area contributed by atoms with Gasteiger partial charge >= 0.3 is 0 Å². The van der Waals surface area contributed by atoms with Crippen LogP contribution in [0.4, 0.5) is 5.69 Å². The molecule has 8 heteroatoms. The van der Waals surface area contributed by atoms with Gasteiger partial charge in [0.05, 0.1) is 6.54 Å². The minimum atomic E-state index is -3.80. The van der Waals surface area contributed by atoms with Gasteiger partial charge in [0.25, 0.3) is 10.0 Å². The Morgan fingerprint density at radius 3 is 2.70 bits per heavy atom. The summed E-state index contributed by atoms with van der Waals surface area (Å²) in [7, 11) is -3.80. The third-order valence-electron chi connectivity index (χ3n) is 2.76. The zero-order chi connectivity index (χ0) is 14.2. The van der Waals surface area contributed by atoms with Crippen molar-refractivity contribution in [3.63, 3.8) is 0 Å². The van der Waals surface area contributed by atoms with Gasteiger partial charge in [0, 0.05) is 11.8 Å². The van der Waals surface area contributed by atoms with Crippen LogP contribution in [0.3, 0.4) is 0 Å². The predicted molar refractivity (Wildman–Crippen MR) is 70.0 cm³/mol. The first-order valence-electron chi connectivity index (χ1n) is 5.77. The molecule has 20 heavy (non-hydrogen) atoms. The van der Waals surface area contributed by atoms with E-state index in [-0.39, 0.29) is 11.9 Å². The SMILES string of the molecule is NS(=O)(=O)c1ccc(CNc2ccc3c(c2)OCO3)o1. The van der Waals surface area contributed by atoms with E-state index in [4.69, 9.17) is 19.0 Å². The molecule has 1 aliphatic heterocycles. The highest BCUT2D eigenvalue weighted by Gasteiger charge is 2.15. The molecule has 0 fully saturated rings. The Kier molecular flexibility index (Phi) is 3.03. The van der Waals surface area contributed by atoms with Gasteiger partial charge in [0.15, 0.2) is 11.5 Å². The van der Waals surface area contributed by atoms with E-state index in [0.29, 0.717) is 23.8 Å². The van der Waals surface area contributed by atoms with Gasteiger partial charge < -0.3 is 19.2 Å². The second kappa shape index (κ2) is 4.73. The summed E-state index contributed by atoms with van der Waals surface area (Å²) in [5.41, 5.74) is 0.808. The van der Waals surface area contributed by atoms with Gasteiger partial charge in [0.2, 0.25) is 11.9 Å². The fourth-order valence-electron chi connectivity index (χ4n) is 1.80. The molecule has 2 aromatic rings. The molecule has 0 saturated carbocycles. The van der Waals surface area contributed by atoms with E-state index in [2.05, 4.69) is 5.32 Å². The molecule has 1 aliphatic rings. The molecule has 0 spiro atoms. The van der Waals surface area contributed by atoms with E-state index in [9.17, 15) is 8.42 Å². The lowest BCUT2D eigenvalue weighted by Crippen LogP contribution is -2.10. The number of nitrogens with two attached hydrogens (primary N) is 1. The van der Waals surface area contributed by atoms with Crippen molar-refractivity contribution in [2.24, 2.45) is 5.14 Å². The lowest BCUT2D eigenvalue weighted by atomic mass is 10.2. The van der Waals surface area contributed by atoms with Crippen LogP contribution in [0.25, 0.3) is 0 Å². The van der Waals surface area contributed by atoms with E-state index in [1.807, 2.05) is 6.07 Å². The predicted octanol–water partition coefficient (Wildman–Crippen LogP) is 1.27. The second-order valence-electron chi connectivity index (χ2n) is 4.19. The third-order valence-corrected chi connectivity index (χ3v) is 3.54. The summed E-state index contributed by atoms with van der Waals surface area (Å²) in [6.45, 7) is 0.545. The number of hydrogen-bond acceptors (Lipinski definition) is 6. The zero-order valence-electron chi connectivity index (χ0n) is 10.3. The monoisotopic (exact) mass is 296 g/mol. The highest BCUT2D eigenvalue weighted by molar-refractivity contribution is 7.89. The van der Waals surface area contributed by atoms with Gasteiger partial charge in [-0.2, -0.15) is 0 Å². The largest absolute Gasteiger partial charge is 0.454 e. The topological polar surface area (TPSA) is 104 Å². The maximum absolute atomic E-state index is 11.1. The van der Waals surface area contributed by atoms with Crippen LogP contribution < -0.4 is 19.9 Å². The fourth-order valence-corrected chi connectivity index (χ4v) is 2.28. The normalized spacial score (nSPS) is 13.4. The molecule has 3 N–H and O–H groups in total. The molecule has 0 radical (unpaired) electrons. The summed E-state index contributed by atoms with van der Waals surface area (Å²) in [4.78, 5) is 0. The number of nitrogens with one attached hydrogen (secondary N) is 1. The molecule has 0 amide bonds. The lowest BCUT2D eigenvalue weighted by molar-refractivity contribution is 0.174. The van der Waals surface area contributed by atoms with Gasteiger partial charge in [-0.3, -0.25) is 0 Å². The molecule has 1 aromatic carbocycles. The first-order valence-corrected chi connectivity index (χ1v) is 7.32. The number of ether oxygens (including phenoxy) is 2. The Balaban J connectivity index is 1.69. The van der Waals surface area contributed by atoms with Gasteiger partial charge in [-0.1, -0.05) is 0 Å². The third kappa shape index (κ3) is 2.56. The number of furan rings is 1. The quantitative estimate of drug-likeness (QED) is 0.880. The van der Waals surface area contributed by atoms with E-state index in [1.165, 1.54) is 6.07 Å². The smallest absolute Gasteiger partial charge is 0.271 e. The first-order chi connectivity index (χ1) is 9.52. The summed E-state index contributed by atoms with van der Waals surface area (Å²) in [6.07, 6.45) is 0. The molecule has 3 rings (SSSR count). The summed E-state index contributed by atoms with van der Waals surface area (Å²) in [5, 5.41) is 7.81.